The second-order valence-electron chi connectivity index (χ2n) is 11.5. The SMILES string of the molecule is CCOc1ccccc1C(=O)Nc1ccc(C(=O)N2CCC(F)(F)/C(=C\C(=O)N3CCC(N(C)C)CC3)c3ccccc32)cc1.Cl. The highest BCUT2D eigenvalue weighted by atomic mass is 35.5. The van der Waals surface area contributed by atoms with Crippen molar-refractivity contribution in [1.82, 2.24) is 9.80 Å². The summed E-state index contributed by atoms with van der Waals surface area (Å²) in [5, 5.41) is 2.81. The number of ether oxygens (including phenoxy) is 1. The Kier molecular flexibility index (Phi) is 11.2. The molecule has 1 saturated heterocycles. The Labute approximate surface area is 274 Å². The van der Waals surface area contributed by atoms with Crippen LogP contribution in [0.2, 0.25) is 0 Å². The van der Waals surface area contributed by atoms with Gasteiger partial charge < -0.3 is 24.8 Å². The van der Waals surface area contributed by atoms with Crippen LogP contribution in [-0.4, -0.2) is 79.8 Å². The number of likely N-dealkylation sites (tertiary alicyclic amines) is 1. The van der Waals surface area contributed by atoms with Crippen molar-refractivity contribution in [3.63, 3.8) is 0 Å². The second-order valence-corrected chi connectivity index (χ2v) is 11.5. The van der Waals surface area contributed by atoms with Crippen molar-refractivity contribution < 1.29 is 27.9 Å². The van der Waals surface area contributed by atoms with Gasteiger partial charge in [0.25, 0.3) is 17.7 Å². The van der Waals surface area contributed by atoms with Crippen LogP contribution in [0.25, 0.3) is 5.57 Å². The highest BCUT2D eigenvalue weighted by molar-refractivity contribution is 6.10. The van der Waals surface area contributed by atoms with Crippen LogP contribution in [-0.2, 0) is 4.79 Å². The van der Waals surface area contributed by atoms with E-state index >= 15 is 8.78 Å². The molecule has 1 fully saturated rings. The standard InChI is InChI=1S/C35H38F2N4O4.ClH/c1-4-45-31-12-8-6-10-28(31)33(43)38-25-15-13-24(14-16-25)34(44)41-22-19-35(36,37)29(27-9-5-7-11-30(27)41)23-32(42)40-20-17-26(18-21-40)39(2)3;/h5-16,23,26H,4,17-22H2,1-3H3,(H,38,43);1H/b29-23-;. The Morgan fingerprint density at radius 2 is 1.61 bits per heavy atom. The fourth-order valence-corrected chi connectivity index (χ4v) is 5.84. The first kappa shape index (κ1) is 34.6. The number of anilines is 2. The van der Waals surface area contributed by atoms with E-state index in [2.05, 4.69) is 10.2 Å². The number of rotatable bonds is 7. The second kappa shape index (κ2) is 14.9. The number of carbonyl (C=O) groups excluding carboxylic acids is 3. The van der Waals surface area contributed by atoms with Gasteiger partial charge in [-0.2, -0.15) is 0 Å². The number of para-hydroxylation sites is 2. The molecule has 5 rings (SSSR count). The van der Waals surface area contributed by atoms with Gasteiger partial charge in [-0.25, -0.2) is 8.78 Å². The third-order valence-corrected chi connectivity index (χ3v) is 8.37. The van der Waals surface area contributed by atoms with E-state index in [0.29, 0.717) is 48.4 Å². The Morgan fingerprint density at radius 1 is 0.957 bits per heavy atom. The minimum absolute atomic E-state index is 0. The summed E-state index contributed by atoms with van der Waals surface area (Å²) in [7, 11) is 3.99. The fraction of sp³-hybridized carbons (Fsp3) is 0.343. The van der Waals surface area contributed by atoms with E-state index in [1.54, 1.807) is 71.6 Å². The van der Waals surface area contributed by atoms with Crippen LogP contribution in [0.15, 0.2) is 78.9 Å². The van der Waals surface area contributed by atoms with Gasteiger partial charge in [0.15, 0.2) is 0 Å². The average Bonchev–Trinajstić information content (AvgIpc) is 3.15. The number of amides is 3. The molecule has 3 aromatic rings. The van der Waals surface area contributed by atoms with E-state index in [0.717, 1.165) is 18.9 Å². The average molecular weight is 653 g/mol. The number of fused-ring (bicyclic) bond motifs is 1. The van der Waals surface area contributed by atoms with E-state index < -0.39 is 24.2 Å². The number of piperidine rings is 1. The predicted octanol–water partition coefficient (Wildman–Crippen LogP) is 6.38. The third-order valence-electron chi connectivity index (χ3n) is 8.37. The topological polar surface area (TPSA) is 82.2 Å². The molecule has 11 heteroatoms. The van der Waals surface area contributed by atoms with E-state index in [9.17, 15) is 14.4 Å². The van der Waals surface area contributed by atoms with Gasteiger partial charge in [0.2, 0.25) is 5.91 Å². The number of nitrogens with zero attached hydrogens (tertiary/aromatic N) is 3. The molecule has 0 atom stereocenters. The molecule has 3 amide bonds. The van der Waals surface area contributed by atoms with Crippen molar-refractivity contribution >= 4 is 47.1 Å². The molecule has 1 N–H and O–H groups in total. The molecule has 0 radical (unpaired) electrons. The number of carbonyl (C=O) groups is 3. The van der Waals surface area contributed by atoms with Crippen molar-refractivity contribution in [2.75, 3.05) is 50.6 Å². The van der Waals surface area contributed by atoms with Gasteiger partial charge in [-0.1, -0.05) is 30.3 Å². The fourth-order valence-electron chi connectivity index (χ4n) is 5.84. The van der Waals surface area contributed by atoms with E-state index in [1.165, 1.54) is 11.0 Å². The maximum atomic E-state index is 15.7. The quantitative estimate of drug-likeness (QED) is 0.300. The Balaban J connectivity index is 0.00000480. The molecule has 46 heavy (non-hydrogen) atoms. The monoisotopic (exact) mass is 652 g/mol. The molecule has 0 unspecified atom stereocenters. The molecule has 0 spiro atoms. The highest BCUT2D eigenvalue weighted by Gasteiger charge is 2.42. The lowest BCUT2D eigenvalue weighted by atomic mass is 9.96. The number of hydrogen-bond donors (Lipinski definition) is 1. The predicted molar refractivity (Wildman–Crippen MR) is 178 cm³/mol. The first-order valence-corrected chi connectivity index (χ1v) is 15.2. The minimum atomic E-state index is -3.32. The molecule has 2 aliphatic heterocycles. The van der Waals surface area contributed by atoms with Gasteiger partial charge in [-0.05, 0) is 76.3 Å². The van der Waals surface area contributed by atoms with Gasteiger partial charge in [0.1, 0.15) is 5.75 Å². The van der Waals surface area contributed by atoms with Gasteiger partial charge in [-0.15, -0.1) is 12.4 Å². The van der Waals surface area contributed by atoms with Crippen LogP contribution in [0.4, 0.5) is 20.2 Å². The first-order chi connectivity index (χ1) is 21.6. The van der Waals surface area contributed by atoms with Crippen LogP contribution < -0.4 is 15.0 Å². The molecule has 0 aliphatic carbocycles. The van der Waals surface area contributed by atoms with Gasteiger partial charge in [-0.3, -0.25) is 14.4 Å². The maximum Gasteiger partial charge on any atom is 0.275 e. The van der Waals surface area contributed by atoms with Crippen molar-refractivity contribution in [3.8, 4) is 5.75 Å². The number of allylic oxidation sites excluding steroid dienone is 1. The van der Waals surface area contributed by atoms with Crippen LogP contribution in [0.1, 0.15) is 52.5 Å². The molecule has 0 saturated carbocycles. The van der Waals surface area contributed by atoms with Crippen molar-refractivity contribution in [2.24, 2.45) is 0 Å². The molecular weight excluding hydrogens is 614 g/mol. The minimum Gasteiger partial charge on any atom is -0.493 e. The lowest BCUT2D eigenvalue weighted by Crippen LogP contribution is -2.44. The summed E-state index contributed by atoms with van der Waals surface area (Å²) >= 11 is 0. The van der Waals surface area contributed by atoms with Gasteiger partial charge in [0.05, 0.1) is 17.9 Å². The summed E-state index contributed by atoms with van der Waals surface area (Å²) in [6.07, 6.45) is 1.98. The number of nitrogens with one attached hydrogen (secondary N) is 1. The highest BCUT2D eigenvalue weighted by Crippen LogP contribution is 2.43. The molecular formula is C35H39ClF2N4O4. The largest absolute Gasteiger partial charge is 0.493 e. The Morgan fingerprint density at radius 3 is 2.28 bits per heavy atom. The lowest BCUT2D eigenvalue weighted by Gasteiger charge is -2.35. The Hall–Kier alpha value is -4.28. The zero-order valence-electron chi connectivity index (χ0n) is 26.2. The summed E-state index contributed by atoms with van der Waals surface area (Å²) in [4.78, 5) is 44.9. The van der Waals surface area contributed by atoms with Gasteiger partial charge >= 0.3 is 0 Å². The smallest absolute Gasteiger partial charge is 0.275 e. The number of hydrogen-bond acceptors (Lipinski definition) is 5. The van der Waals surface area contributed by atoms with Crippen molar-refractivity contribution in [3.05, 3.63) is 95.6 Å². The molecule has 2 heterocycles. The van der Waals surface area contributed by atoms with Crippen LogP contribution in [0, 0.1) is 0 Å². The van der Waals surface area contributed by atoms with Crippen molar-refractivity contribution in [1.29, 1.82) is 0 Å². The molecule has 0 aromatic heterocycles. The normalized spacial score (nSPS) is 17.1. The molecule has 8 nitrogen and oxygen atoms in total. The summed E-state index contributed by atoms with van der Waals surface area (Å²) in [5.74, 6) is -4.13. The Bertz CT molecular complexity index is 1590. The molecule has 2 aliphatic rings. The summed E-state index contributed by atoms with van der Waals surface area (Å²) in [6.45, 7) is 3.00. The number of alkyl halides is 2. The molecule has 0 bridgehead atoms. The van der Waals surface area contributed by atoms with Crippen LogP contribution >= 0.6 is 12.4 Å². The van der Waals surface area contributed by atoms with Gasteiger partial charge in [0, 0.05) is 60.6 Å². The zero-order valence-corrected chi connectivity index (χ0v) is 27.0. The van der Waals surface area contributed by atoms with E-state index in [-0.39, 0.29) is 41.6 Å². The zero-order chi connectivity index (χ0) is 32.1. The summed E-state index contributed by atoms with van der Waals surface area (Å²) in [5.41, 5.74) is 1.20. The van der Waals surface area contributed by atoms with Crippen LogP contribution in [0.3, 0.4) is 0 Å². The number of halogens is 3. The molecule has 3 aromatic carbocycles. The number of benzene rings is 3. The van der Waals surface area contributed by atoms with E-state index in [4.69, 9.17) is 4.74 Å². The maximum absolute atomic E-state index is 15.7. The summed E-state index contributed by atoms with van der Waals surface area (Å²) in [6, 6.07) is 20.0. The van der Waals surface area contributed by atoms with Crippen molar-refractivity contribution in [2.45, 2.75) is 38.2 Å². The van der Waals surface area contributed by atoms with Crippen LogP contribution in [0.5, 0.6) is 5.75 Å². The summed E-state index contributed by atoms with van der Waals surface area (Å²) < 4.78 is 36.9. The van der Waals surface area contributed by atoms with E-state index in [1.807, 2.05) is 21.0 Å². The lowest BCUT2D eigenvalue weighted by molar-refractivity contribution is -0.127. The third kappa shape index (κ3) is 7.57. The molecule has 244 valence electrons. The first-order valence-electron chi connectivity index (χ1n) is 15.2.